The van der Waals surface area contributed by atoms with Gasteiger partial charge in [-0.1, -0.05) is 18.7 Å². The van der Waals surface area contributed by atoms with E-state index < -0.39 is 0 Å². The highest BCUT2D eigenvalue weighted by molar-refractivity contribution is 5.93. The van der Waals surface area contributed by atoms with Crippen molar-refractivity contribution in [3.8, 4) is 11.5 Å². The quantitative estimate of drug-likeness (QED) is 0.414. The zero-order chi connectivity index (χ0) is 26.3. The van der Waals surface area contributed by atoms with Crippen molar-refractivity contribution in [3.63, 3.8) is 0 Å². The normalized spacial score (nSPS) is 16.3. The van der Waals surface area contributed by atoms with E-state index >= 15 is 0 Å². The number of anilines is 3. The van der Waals surface area contributed by atoms with Crippen LogP contribution >= 0.6 is 0 Å². The van der Waals surface area contributed by atoms with Gasteiger partial charge in [-0.3, -0.25) is 4.90 Å². The van der Waals surface area contributed by atoms with Gasteiger partial charge in [0.25, 0.3) is 0 Å². The topological polar surface area (TPSA) is 93.2 Å². The molecule has 0 saturated carbocycles. The molecule has 38 heavy (non-hydrogen) atoms. The Morgan fingerprint density at radius 1 is 0.974 bits per heavy atom. The van der Waals surface area contributed by atoms with Gasteiger partial charge in [-0.05, 0) is 30.7 Å². The molecule has 0 bridgehead atoms. The average molecular weight is 521 g/mol. The second-order valence-electron chi connectivity index (χ2n) is 9.39. The van der Waals surface area contributed by atoms with Crippen LogP contribution in [0.2, 0.25) is 0 Å². The van der Waals surface area contributed by atoms with Crippen LogP contribution in [0.5, 0.6) is 11.5 Å². The largest absolute Gasteiger partial charge is 0.493 e. The highest BCUT2D eigenvalue weighted by Crippen LogP contribution is 2.36. The standard InChI is InChI=1S/C28H36N6O4/c1-20-5-4-6-22(17-20)29-21(2)30-27-23-18-26(38-16-9-33-7-12-36-13-8-33)25(35-3)19-24(23)31-28(32-27)34-10-14-37-15-11-34/h4-6,17-19,29H,2,7-16H2,1,3H3,(H,30,31,32). The number of aromatic nitrogens is 2. The summed E-state index contributed by atoms with van der Waals surface area (Å²) >= 11 is 0. The van der Waals surface area contributed by atoms with E-state index in [1.165, 1.54) is 0 Å². The summed E-state index contributed by atoms with van der Waals surface area (Å²) < 4.78 is 22.9. The van der Waals surface area contributed by atoms with Gasteiger partial charge < -0.3 is 34.5 Å². The molecule has 0 amide bonds. The molecule has 10 nitrogen and oxygen atoms in total. The van der Waals surface area contributed by atoms with Crippen molar-refractivity contribution in [2.75, 3.05) is 88.4 Å². The lowest BCUT2D eigenvalue weighted by Gasteiger charge is -2.28. The minimum absolute atomic E-state index is 0.541. The van der Waals surface area contributed by atoms with Crippen LogP contribution in [-0.4, -0.2) is 87.7 Å². The third-order valence-electron chi connectivity index (χ3n) is 6.61. The maximum atomic E-state index is 6.20. The molecule has 3 aromatic rings. The first-order valence-corrected chi connectivity index (χ1v) is 13.0. The molecule has 202 valence electrons. The summed E-state index contributed by atoms with van der Waals surface area (Å²) in [6.07, 6.45) is 0. The molecule has 2 saturated heterocycles. The van der Waals surface area contributed by atoms with Gasteiger partial charge in [-0.25, -0.2) is 4.98 Å². The van der Waals surface area contributed by atoms with Crippen LogP contribution in [0, 0.1) is 6.92 Å². The molecule has 2 aliphatic rings. The smallest absolute Gasteiger partial charge is 0.228 e. The number of ether oxygens (including phenoxy) is 4. The van der Waals surface area contributed by atoms with Crippen molar-refractivity contribution in [3.05, 3.63) is 54.4 Å². The van der Waals surface area contributed by atoms with Crippen LogP contribution in [0.15, 0.2) is 48.8 Å². The molecular weight excluding hydrogens is 484 g/mol. The van der Waals surface area contributed by atoms with Crippen molar-refractivity contribution in [2.45, 2.75) is 6.92 Å². The number of nitrogens with zero attached hydrogens (tertiary/aromatic N) is 4. The number of fused-ring (bicyclic) bond motifs is 1. The SMILES string of the molecule is C=C(Nc1cccc(C)c1)Nc1nc(N2CCOCC2)nc2cc(OC)c(OCCN3CCOCC3)cc12. The van der Waals surface area contributed by atoms with Crippen LogP contribution in [0.4, 0.5) is 17.5 Å². The Balaban J connectivity index is 1.43. The van der Waals surface area contributed by atoms with Gasteiger partial charge in [-0.2, -0.15) is 4.98 Å². The zero-order valence-electron chi connectivity index (χ0n) is 22.2. The summed E-state index contributed by atoms with van der Waals surface area (Å²) in [6, 6.07) is 12.0. The van der Waals surface area contributed by atoms with Gasteiger partial charge in [0.1, 0.15) is 18.2 Å². The number of benzene rings is 2. The lowest BCUT2D eigenvalue weighted by Crippen LogP contribution is -2.38. The lowest BCUT2D eigenvalue weighted by molar-refractivity contribution is 0.0321. The van der Waals surface area contributed by atoms with Gasteiger partial charge in [-0.15, -0.1) is 0 Å². The van der Waals surface area contributed by atoms with E-state index in [4.69, 9.17) is 28.9 Å². The zero-order valence-corrected chi connectivity index (χ0v) is 22.2. The first kappa shape index (κ1) is 26.0. The molecule has 10 heteroatoms. The highest BCUT2D eigenvalue weighted by Gasteiger charge is 2.20. The Bertz CT molecular complexity index is 1260. The van der Waals surface area contributed by atoms with Crippen LogP contribution in [-0.2, 0) is 9.47 Å². The third kappa shape index (κ3) is 6.45. The van der Waals surface area contributed by atoms with Gasteiger partial charge in [0, 0.05) is 49.9 Å². The number of hydrogen-bond donors (Lipinski definition) is 2. The fourth-order valence-electron chi connectivity index (χ4n) is 4.58. The Hall–Kier alpha value is -3.60. The third-order valence-corrected chi connectivity index (χ3v) is 6.61. The maximum absolute atomic E-state index is 6.20. The minimum atomic E-state index is 0.541. The number of aryl methyl sites for hydroxylation is 1. The summed E-state index contributed by atoms with van der Waals surface area (Å²) in [4.78, 5) is 14.2. The molecule has 2 fully saturated rings. The van der Waals surface area contributed by atoms with E-state index in [1.54, 1.807) is 7.11 Å². The van der Waals surface area contributed by atoms with Crippen molar-refractivity contribution < 1.29 is 18.9 Å². The molecule has 3 heterocycles. The Kier molecular flexibility index (Phi) is 8.42. The molecular formula is C28H36N6O4. The molecule has 0 spiro atoms. The van der Waals surface area contributed by atoms with E-state index in [0.29, 0.717) is 48.9 Å². The fourth-order valence-corrected chi connectivity index (χ4v) is 4.58. The summed E-state index contributed by atoms with van der Waals surface area (Å²) in [5, 5.41) is 7.52. The number of morpholine rings is 2. The number of rotatable bonds is 10. The Labute approximate surface area is 223 Å². The molecule has 1 aromatic heterocycles. The van der Waals surface area contributed by atoms with Gasteiger partial charge >= 0.3 is 0 Å². The van der Waals surface area contributed by atoms with Crippen LogP contribution < -0.4 is 25.0 Å². The predicted molar refractivity (Wildman–Crippen MR) is 149 cm³/mol. The minimum Gasteiger partial charge on any atom is -0.493 e. The first-order chi connectivity index (χ1) is 18.6. The highest BCUT2D eigenvalue weighted by atomic mass is 16.5. The number of nitrogens with one attached hydrogen (secondary N) is 2. The summed E-state index contributed by atoms with van der Waals surface area (Å²) in [6.45, 7) is 13.7. The average Bonchev–Trinajstić information content (AvgIpc) is 2.94. The van der Waals surface area contributed by atoms with Crippen LogP contribution in [0.25, 0.3) is 10.9 Å². The fraction of sp³-hybridized carbons (Fsp3) is 0.429. The molecule has 0 radical (unpaired) electrons. The number of methoxy groups -OCH3 is 1. The second kappa shape index (κ2) is 12.3. The van der Waals surface area contributed by atoms with Crippen molar-refractivity contribution in [1.29, 1.82) is 0 Å². The lowest BCUT2D eigenvalue weighted by atomic mass is 10.2. The van der Waals surface area contributed by atoms with E-state index in [-0.39, 0.29) is 0 Å². The predicted octanol–water partition coefficient (Wildman–Crippen LogP) is 3.49. The van der Waals surface area contributed by atoms with Gasteiger partial charge in [0.05, 0.1) is 39.1 Å². The van der Waals surface area contributed by atoms with E-state index in [1.807, 2.05) is 24.3 Å². The molecule has 0 unspecified atom stereocenters. The monoisotopic (exact) mass is 520 g/mol. The Morgan fingerprint density at radius 2 is 1.74 bits per heavy atom. The van der Waals surface area contributed by atoms with Gasteiger partial charge in [0.2, 0.25) is 5.95 Å². The van der Waals surface area contributed by atoms with Crippen molar-refractivity contribution in [1.82, 2.24) is 14.9 Å². The molecule has 0 atom stereocenters. The molecule has 0 aliphatic carbocycles. The van der Waals surface area contributed by atoms with Gasteiger partial charge in [0.15, 0.2) is 11.5 Å². The number of hydrogen-bond acceptors (Lipinski definition) is 10. The van der Waals surface area contributed by atoms with Crippen molar-refractivity contribution >= 4 is 28.4 Å². The first-order valence-electron chi connectivity index (χ1n) is 13.0. The maximum Gasteiger partial charge on any atom is 0.228 e. The molecule has 2 aromatic carbocycles. The van der Waals surface area contributed by atoms with Crippen molar-refractivity contribution in [2.24, 2.45) is 0 Å². The Morgan fingerprint density at radius 3 is 2.47 bits per heavy atom. The summed E-state index contributed by atoms with van der Waals surface area (Å²) in [5.41, 5.74) is 2.86. The molecule has 5 rings (SSSR count). The summed E-state index contributed by atoms with van der Waals surface area (Å²) in [5.74, 6) is 3.16. The van der Waals surface area contributed by atoms with E-state index in [2.05, 4.69) is 46.1 Å². The second-order valence-corrected chi connectivity index (χ2v) is 9.39. The summed E-state index contributed by atoms with van der Waals surface area (Å²) in [7, 11) is 1.65. The van der Waals surface area contributed by atoms with E-state index in [9.17, 15) is 0 Å². The van der Waals surface area contributed by atoms with Crippen LogP contribution in [0.3, 0.4) is 0 Å². The molecule has 2 aliphatic heterocycles. The van der Waals surface area contributed by atoms with E-state index in [0.717, 1.165) is 68.1 Å². The van der Waals surface area contributed by atoms with Crippen LogP contribution in [0.1, 0.15) is 5.56 Å². The molecule has 2 N–H and O–H groups in total.